The first-order valence-corrected chi connectivity index (χ1v) is 6.49. The fourth-order valence-electron chi connectivity index (χ4n) is 1.99. The van der Waals surface area contributed by atoms with E-state index in [1.54, 1.807) is 4.90 Å². The van der Waals surface area contributed by atoms with Crippen LogP contribution in [0.4, 0.5) is 0 Å². The second kappa shape index (κ2) is 8.05. The molecule has 6 heteroatoms. The highest BCUT2D eigenvalue weighted by Crippen LogP contribution is 2.03. The lowest BCUT2D eigenvalue weighted by atomic mass is 10.3. The first-order chi connectivity index (χ1) is 8.63. The minimum Gasteiger partial charge on any atom is -0.372 e. The molecule has 2 amide bonds. The van der Waals surface area contributed by atoms with Crippen molar-refractivity contribution in [2.45, 2.75) is 19.8 Å². The van der Waals surface area contributed by atoms with Crippen molar-refractivity contribution < 1.29 is 14.3 Å². The van der Waals surface area contributed by atoms with E-state index in [2.05, 4.69) is 0 Å². The van der Waals surface area contributed by atoms with Crippen LogP contribution in [0.15, 0.2) is 0 Å². The molecule has 1 aliphatic heterocycles. The van der Waals surface area contributed by atoms with Gasteiger partial charge in [0.2, 0.25) is 11.8 Å². The summed E-state index contributed by atoms with van der Waals surface area (Å²) in [6.45, 7) is 5.93. The van der Waals surface area contributed by atoms with E-state index in [0.717, 1.165) is 25.9 Å². The van der Waals surface area contributed by atoms with Crippen LogP contribution in [0.5, 0.6) is 0 Å². The molecular weight excluding hydrogens is 234 g/mol. The Morgan fingerprint density at radius 3 is 2.67 bits per heavy atom. The number of hydrogen-bond acceptors (Lipinski definition) is 4. The molecular formula is C12H23N3O3. The van der Waals surface area contributed by atoms with E-state index in [-0.39, 0.29) is 25.0 Å². The van der Waals surface area contributed by atoms with Crippen molar-refractivity contribution in [2.24, 2.45) is 5.73 Å². The van der Waals surface area contributed by atoms with E-state index in [1.807, 2.05) is 11.8 Å². The van der Waals surface area contributed by atoms with Gasteiger partial charge in [-0.25, -0.2) is 0 Å². The molecule has 0 radical (unpaired) electrons. The van der Waals surface area contributed by atoms with Crippen LogP contribution in [0.25, 0.3) is 0 Å². The fraction of sp³-hybridized carbons (Fsp3) is 0.833. The van der Waals surface area contributed by atoms with E-state index < -0.39 is 0 Å². The molecule has 6 nitrogen and oxygen atoms in total. The van der Waals surface area contributed by atoms with E-state index >= 15 is 0 Å². The zero-order valence-electron chi connectivity index (χ0n) is 11.1. The number of hydrogen-bond donors (Lipinski definition) is 1. The second-order valence-corrected chi connectivity index (χ2v) is 4.53. The molecule has 0 saturated carbocycles. The number of carbonyl (C=O) groups excluding carboxylic acids is 2. The van der Waals surface area contributed by atoms with Gasteiger partial charge in [-0.1, -0.05) is 6.92 Å². The lowest BCUT2D eigenvalue weighted by Crippen LogP contribution is -2.39. The topological polar surface area (TPSA) is 75.9 Å². The Balaban J connectivity index is 2.32. The predicted molar refractivity (Wildman–Crippen MR) is 67.9 cm³/mol. The van der Waals surface area contributed by atoms with Crippen LogP contribution in [0.2, 0.25) is 0 Å². The van der Waals surface area contributed by atoms with Crippen molar-refractivity contribution in [3.8, 4) is 0 Å². The summed E-state index contributed by atoms with van der Waals surface area (Å²) >= 11 is 0. The quantitative estimate of drug-likeness (QED) is 0.647. The summed E-state index contributed by atoms with van der Waals surface area (Å²) in [5.41, 5.74) is 5.17. The van der Waals surface area contributed by atoms with Gasteiger partial charge in [-0.3, -0.25) is 14.5 Å². The Kier molecular flexibility index (Phi) is 6.67. The maximum absolute atomic E-state index is 11.8. The summed E-state index contributed by atoms with van der Waals surface area (Å²) in [6, 6.07) is 0. The summed E-state index contributed by atoms with van der Waals surface area (Å²) in [5.74, 6) is -0.287. The molecule has 0 aromatic rings. The van der Waals surface area contributed by atoms with Crippen LogP contribution in [-0.4, -0.2) is 67.6 Å². The van der Waals surface area contributed by atoms with Crippen molar-refractivity contribution in [1.82, 2.24) is 9.80 Å². The molecule has 0 unspecified atom stereocenters. The van der Waals surface area contributed by atoms with Crippen molar-refractivity contribution in [3.63, 3.8) is 0 Å². The fourth-order valence-corrected chi connectivity index (χ4v) is 1.99. The molecule has 1 rings (SSSR count). The van der Waals surface area contributed by atoms with Gasteiger partial charge < -0.3 is 15.4 Å². The van der Waals surface area contributed by atoms with Crippen molar-refractivity contribution in [2.75, 3.05) is 45.9 Å². The highest BCUT2D eigenvalue weighted by molar-refractivity contribution is 5.77. The number of carbonyl (C=O) groups is 2. The van der Waals surface area contributed by atoms with Crippen molar-refractivity contribution in [3.05, 3.63) is 0 Å². The Bertz CT molecular complexity index is 284. The molecule has 0 spiro atoms. The van der Waals surface area contributed by atoms with Gasteiger partial charge in [0.1, 0.15) is 6.61 Å². The molecule has 104 valence electrons. The van der Waals surface area contributed by atoms with E-state index in [4.69, 9.17) is 10.5 Å². The third kappa shape index (κ3) is 5.46. The van der Waals surface area contributed by atoms with Crippen molar-refractivity contribution in [1.29, 1.82) is 0 Å². The minimum absolute atomic E-state index is 0.0318. The SMILES string of the molecule is CCCOCC(=O)N1CCCN(CC(N)=O)CC1. The number of nitrogens with zero attached hydrogens (tertiary/aromatic N) is 2. The first kappa shape index (κ1) is 14.9. The van der Waals surface area contributed by atoms with Gasteiger partial charge in [0.25, 0.3) is 0 Å². The van der Waals surface area contributed by atoms with Gasteiger partial charge in [-0.15, -0.1) is 0 Å². The van der Waals surface area contributed by atoms with Crippen LogP contribution in [0.1, 0.15) is 19.8 Å². The van der Waals surface area contributed by atoms with Gasteiger partial charge in [-0.2, -0.15) is 0 Å². The van der Waals surface area contributed by atoms with Crippen LogP contribution in [0.3, 0.4) is 0 Å². The van der Waals surface area contributed by atoms with E-state index in [9.17, 15) is 9.59 Å². The molecule has 1 aliphatic rings. The van der Waals surface area contributed by atoms with Crippen LogP contribution in [0, 0.1) is 0 Å². The molecule has 1 fully saturated rings. The standard InChI is InChI=1S/C12H23N3O3/c1-2-8-18-10-12(17)15-5-3-4-14(6-7-15)9-11(13)16/h2-10H2,1H3,(H2,13,16). The molecule has 0 aliphatic carbocycles. The molecule has 1 heterocycles. The van der Waals surface area contributed by atoms with Gasteiger partial charge >= 0.3 is 0 Å². The zero-order valence-corrected chi connectivity index (χ0v) is 11.1. The highest BCUT2D eigenvalue weighted by atomic mass is 16.5. The molecule has 18 heavy (non-hydrogen) atoms. The molecule has 0 bridgehead atoms. The summed E-state index contributed by atoms with van der Waals surface area (Å²) in [6.07, 6.45) is 1.78. The van der Waals surface area contributed by atoms with Crippen LogP contribution < -0.4 is 5.73 Å². The average molecular weight is 257 g/mol. The Hall–Kier alpha value is -1.14. The second-order valence-electron chi connectivity index (χ2n) is 4.53. The molecule has 0 atom stereocenters. The maximum atomic E-state index is 11.8. The summed E-state index contributed by atoms with van der Waals surface area (Å²) in [7, 11) is 0. The number of ether oxygens (including phenoxy) is 1. The summed E-state index contributed by atoms with van der Waals surface area (Å²) < 4.78 is 5.25. The lowest BCUT2D eigenvalue weighted by Gasteiger charge is -2.21. The molecule has 2 N–H and O–H groups in total. The van der Waals surface area contributed by atoms with Gasteiger partial charge in [-0.05, 0) is 12.8 Å². The third-order valence-corrected chi connectivity index (χ3v) is 2.89. The van der Waals surface area contributed by atoms with E-state index in [0.29, 0.717) is 19.7 Å². The zero-order chi connectivity index (χ0) is 13.4. The molecule has 1 saturated heterocycles. The Morgan fingerprint density at radius 2 is 2.00 bits per heavy atom. The normalized spacial score (nSPS) is 17.5. The molecule has 0 aromatic heterocycles. The maximum Gasteiger partial charge on any atom is 0.248 e. The first-order valence-electron chi connectivity index (χ1n) is 6.49. The largest absolute Gasteiger partial charge is 0.372 e. The van der Waals surface area contributed by atoms with Gasteiger partial charge in [0.05, 0.1) is 6.54 Å². The van der Waals surface area contributed by atoms with Gasteiger partial charge in [0.15, 0.2) is 0 Å². The van der Waals surface area contributed by atoms with E-state index in [1.165, 1.54) is 0 Å². The number of amides is 2. The van der Waals surface area contributed by atoms with Crippen molar-refractivity contribution >= 4 is 11.8 Å². The molecule has 0 aromatic carbocycles. The Labute approximate surface area is 108 Å². The Morgan fingerprint density at radius 1 is 1.22 bits per heavy atom. The number of rotatable bonds is 6. The minimum atomic E-state index is -0.318. The van der Waals surface area contributed by atoms with Crippen LogP contribution >= 0.6 is 0 Å². The number of nitrogens with two attached hydrogens (primary N) is 1. The van der Waals surface area contributed by atoms with Crippen LogP contribution in [-0.2, 0) is 14.3 Å². The average Bonchev–Trinajstić information content (AvgIpc) is 2.54. The van der Waals surface area contributed by atoms with Gasteiger partial charge in [0, 0.05) is 32.8 Å². The lowest BCUT2D eigenvalue weighted by molar-refractivity contribution is -0.136. The highest BCUT2D eigenvalue weighted by Gasteiger charge is 2.19. The predicted octanol–water partition coefficient (Wildman–Crippen LogP) is -0.567. The summed E-state index contributed by atoms with van der Waals surface area (Å²) in [5, 5.41) is 0. The monoisotopic (exact) mass is 257 g/mol. The third-order valence-electron chi connectivity index (χ3n) is 2.89. The summed E-state index contributed by atoms with van der Waals surface area (Å²) in [4.78, 5) is 26.5. The number of primary amides is 1. The smallest absolute Gasteiger partial charge is 0.248 e.